The van der Waals surface area contributed by atoms with Crippen LogP contribution < -0.4 is 9.64 Å². The van der Waals surface area contributed by atoms with Crippen LogP contribution in [0.3, 0.4) is 0 Å². The number of aromatic nitrogens is 1. The number of thiophene rings is 1. The van der Waals surface area contributed by atoms with Gasteiger partial charge in [0.1, 0.15) is 11.5 Å². The number of rotatable bonds is 4. The fraction of sp³-hybridized carbons (Fsp3) is 0.0159. The van der Waals surface area contributed by atoms with Crippen LogP contribution in [0, 0.1) is 0 Å². The summed E-state index contributed by atoms with van der Waals surface area (Å²) in [6, 6.07) is 85.2. The van der Waals surface area contributed by atoms with Crippen LogP contribution in [0.1, 0.15) is 22.3 Å². The van der Waals surface area contributed by atoms with Crippen molar-refractivity contribution < 1.29 is 4.74 Å². The van der Waals surface area contributed by atoms with Gasteiger partial charge in [-0.25, -0.2) is 0 Å². The lowest BCUT2D eigenvalue weighted by molar-refractivity contribution is 0.435. The number of benzene rings is 11. The van der Waals surface area contributed by atoms with Crippen LogP contribution in [0.4, 0.5) is 17.1 Å². The van der Waals surface area contributed by atoms with Crippen molar-refractivity contribution in [3.63, 3.8) is 0 Å². The summed E-state index contributed by atoms with van der Waals surface area (Å²) in [5.41, 5.74) is 13.6. The third-order valence-electron chi connectivity index (χ3n) is 14.6. The molecule has 0 saturated heterocycles. The average Bonchev–Trinajstić information content (AvgIpc) is 3.93. The van der Waals surface area contributed by atoms with Gasteiger partial charge in [0, 0.05) is 64.2 Å². The smallest absolute Gasteiger partial charge is 0.132 e. The predicted molar refractivity (Wildman–Crippen MR) is 281 cm³/mol. The molecule has 0 saturated carbocycles. The molecule has 312 valence electrons. The molecule has 0 fully saturated rings. The molecule has 4 heteroatoms. The number of anilines is 3. The van der Waals surface area contributed by atoms with Gasteiger partial charge in [0.25, 0.3) is 0 Å². The quantitative estimate of drug-likeness (QED) is 0.175. The van der Waals surface area contributed by atoms with Crippen LogP contribution in [-0.4, -0.2) is 4.57 Å². The van der Waals surface area contributed by atoms with Crippen molar-refractivity contribution in [2.24, 2.45) is 0 Å². The summed E-state index contributed by atoms with van der Waals surface area (Å²) in [7, 11) is 0. The molecule has 13 aromatic rings. The molecule has 0 unspecified atom stereocenters. The normalized spacial score (nSPS) is 13.3. The minimum Gasteiger partial charge on any atom is -0.457 e. The Bertz CT molecular complexity index is 4180. The number of para-hydroxylation sites is 3. The van der Waals surface area contributed by atoms with Crippen molar-refractivity contribution in [1.82, 2.24) is 4.57 Å². The molecule has 0 bridgehead atoms. The van der Waals surface area contributed by atoms with E-state index in [1.165, 1.54) is 85.8 Å². The van der Waals surface area contributed by atoms with Crippen molar-refractivity contribution in [3.8, 4) is 28.3 Å². The summed E-state index contributed by atoms with van der Waals surface area (Å²) in [5.74, 6) is 1.78. The highest BCUT2D eigenvalue weighted by atomic mass is 32.1. The van der Waals surface area contributed by atoms with E-state index in [4.69, 9.17) is 4.74 Å². The van der Waals surface area contributed by atoms with Crippen LogP contribution in [0.15, 0.2) is 231 Å². The predicted octanol–water partition coefficient (Wildman–Crippen LogP) is 17.4. The summed E-state index contributed by atoms with van der Waals surface area (Å²) in [5, 5.41) is 9.87. The van der Waals surface area contributed by atoms with Gasteiger partial charge < -0.3 is 14.2 Å². The van der Waals surface area contributed by atoms with Gasteiger partial charge in [-0.15, -0.1) is 11.3 Å². The lowest BCUT2D eigenvalue weighted by Gasteiger charge is -2.45. The second kappa shape index (κ2) is 13.8. The second-order valence-corrected chi connectivity index (χ2v) is 19.0. The van der Waals surface area contributed by atoms with E-state index in [0.29, 0.717) is 0 Å². The first-order valence-corrected chi connectivity index (χ1v) is 23.8. The van der Waals surface area contributed by atoms with Gasteiger partial charge in [-0.05, 0) is 106 Å². The molecule has 0 N–H and O–H groups in total. The monoisotopic (exact) mass is 870 g/mol. The third kappa shape index (κ3) is 5.00. The molecule has 3 nitrogen and oxygen atoms in total. The van der Waals surface area contributed by atoms with Gasteiger partial charge in [-0.1, -0.05) is 158 Å². The largest absolute Gasteiger partial charge is 0.457 e. The first-order chi connectivity index (χ1) is 33.2. The molecule has 15 rings (SSSR count). The summed E-state index contributed by atoms with van der Waals surface area (Å²) >= 11 is 1.86. The minimum atomic E-state index is -0.615. The lowest BCUT2D eigenvalue weighted by atomic mass is 9.58. The third-order valence-corrected chi connectivity index (χ3v) is 15.8. The van der Waals surface area contributed by atoms with E-state index in [2.05, 4.69) is 240 Å². The summed E-state index contributed by atoms with van der Waals surface area (Å²) in [4.78, 5) is 2.51. The van der Waals surface area contributed by atoms with Crippen molar-refractivity contribution in [2.45, 2.75) is 5.41 Å². The number of hydrogen-bond donors (Lipinski definition) is 0. The zero-order valence-corrected chi connectivity index (χ0v) is 37.0. The van der Waals surface area contributed by atoms with E-state index >= 15 is 0 Å². The maximum atomic E-state index is 6.74. The Hall–Kier alpha value is -8.44. The lowest BCUT2D eigenvalue weighted by Crippen LogP contribution is -2.36. The van der Waals surface area contributed by atoms with E-state index in [1.54, 1.807) is 0 Å². The van der Waals surface area contributed by atoms with Gasteiger partial charge in [-0.2, -0.15) is 0 Å². The number of fused-ring (bicyclic) bond motifs is 15. The highest BCUT2D eigenvalue weighted by Gasteiger charge is 2.49. The first kappa shape index (κ1) is 36.9. The molecule has 67 heavy (non-hydrogen) atoms. The highest BCUT2D eigenvalue weighted by Crippen LogP contribution is 2.62. The number of ether oxygens (including phenoxy) is 1. The molecule has 11 aromatic carbocycles. The summed E-state index contributed by atoms with van der Waals surface area (Å²) < 4.78 is 11.8. The molecule has 2 aromatic heterocycles. The molecule has 0 radical (unpaired) electrons. The topological polar surface area (TPSA) is 17.4 Å². The maximum Gasteiger partial charge on any atom is 0.132 e. The van der Waals surface area contributed by atoms with Crippen LogP contribution in [-0.2, 0) is 5.41 Å². The Kier molecular flexibility index (Phi) is 7.58. The molecule has 2 aliphatic rings. The highest BCUT2D eigenvalue weighted by molar-refractivity contribution is 7.25. The van der Waals surface area contributed by atoms with Gasteiger partial charge in [-0.3, -0.25) is 0 Å². The molecular weight excluding hydrogens is 833 g/mol. The Morgan fingerprint density at radius 1 is 0.388 bits per heavy atom. The number of hydrogen-bond acceptors (Lipinski definition) is 3. The minimum absolute atomic E-state index is 0.615. The SMILES string of the molecule is c1ccc2c(c1)Oc1ccccc1C21c2ccccc2-c2ccc(N(c3ccc4c(c3)c3ccccc3n4-c3ccc4sc5ccccc5c4c3)c3cccc4ccccc34)c3cccc1c23. The van der Waals surface area contributed by atoms with E-state index in [1.807, 2.05) is 11.3 Å². The molecule has 1 spiro atoms. The van der Waals surface area contributed by atoms with Crippen LogP contribution in [0.25, 0.3) is 80.3 Å². The van der Waals surface area contributed by atoms with Crippen LogP contribution >= 0.6 is 11.3 Å². The zero-order valence-electron chi connectivity index (χ0n) is 36.2. The molecule has 1 aliphatic carbocycles. The van der Waals surface area contributed by atoms with Crippen molar-refractivity contribution >= 4 is 91.9 Å². The van der Waals surface area contributed by atoms with Crippen molar-refractivity contribution in [1.29, 1.82) is 0 Å². The average molecular weight is 871 g/mol. The molecule has 3 heterocycles. The Labute approximate surface area is 390 Å². The summed E-state index contributed by atoms with van der Waals surface area (Å²) in [6.07, 6.45) is 0. The molecular formula is C63H38N2OS. The van der Waals surface area contributed by atoms with Crippen molar-refractivity contribution in [3.05, 3.63) is 253 Å². The van der Waals surface area contributed by atoms with Gasteiger partial charge >= 0.3 is 0 Å². The maximum absolute atomic E-state index is 6.74. The second-order valence-electron chi connectivity index (χ2n) is 17.9. The summed E-state index contributed by atoms with van der Waals surface area (Å²) in [6.45, 7) is 0. The molecule has 0 atom stereocenters. The van der Waals surface area contributed by atoms with Gasteiger partial charge in [0.05, 0.1) is 27.8 Å². The molecule has 0 amide bonds. The van der Waals surface area contributed by atoms with Crippen molar-refractivity contribution in [2.75, 3.05) is 4.90 Å². The number of nitrogens with zero attached hydrogens (tertiary/aromatic N) is 2. The Balaban J connectivity index is 1.02. The Morgan fingerprint density at radius 2 is 1.01 bits per heavy atom. The zero-order chi connectivity index (χ0) is 43.8. The fourth-order valence-corrected chi connectivity index (χ4v) is 13.0. The standard InChI is InChI=1S/C63H38N2OS/c1-2-17-42-39(15-1)16-13-27-54(42)64(40-31-34-57-48(37-40)44-19-4-9-26-55(44)65(57)41-32-36-61-49(38-41)45-20-5-12-30-60(45)67-61)56-35-33-46-43-18-3-6-22-50(43)63(53-25-14-21-47(56)62(46)53)51-23-7-10-28-58(51)66-59-29-11-8-24-52(59)63/h1-38H. The van der Waals surface area contributed by atoms with E-state index in [9.17, 15) is 0 Å². The fourth-order valence-electron chi connectivity index (χ4n) is 11.9. The van der Waals surface area contributed by atoms with E-state index < -0.39 is 5.41 Å². The van der Waals surface area contributed by atoms with Crippen LogP contribution in [0.5, 0.6) is 11.5 Å². The molecule has 1 aliphatic heterocycles. The van der Waals surface area contributed by atoms with E-state index in [-0.39, 0.29) is 0 Å². The van der Waals surface area contributed by atoms with E-state index in [0.717, 1.165) is 45.4 Å². The Morgan fingerprint density at radius 3 is 1.88 bits per heavy atom. The first-order valence-electron chi connectivity index (χ1n) is 23.0. The van der Waals surface area contributed by atoms with Gasteiger partial charge in [0.2, 0.25) is 0 Å². The van der Waals surface area contributed by atoms with Gasteiger partial charge in [0.15, 0.2) is 0 Å². The van der Waals surface area contributed by atoms with Crippen LogP contribution in [0.2, 0.25) is 0 Å².